The van der Waals surface area contributed by atoms with Crippen LogP contribution in [-0.2, 0) is 9.53 Å². The number of nitrogens with one attached hydrogen (secondary N) is 2. The zero-order valence-electron chi connectivity index (χ0n) is 10.9. The third-order valence-electron chi connectivity index (χ3n) is 5.83. The van der Waals surface area contributed by atoms with Gasteiger partial charge in [-0.3, -0.25) is 4.79 Å². The average Bonchev–Trinajstić information content (AvgIpc) is 2.73. The van der Waals surface area contributed by atoms with Crippen LogP contribution in [0.4, 0.5) is 0 Å². The Morgan fingerprint density at radius 3 is 2.61 bits per heavy atom. The van der Waals surface area contributed by atoms with E-state index in [2.05, 4.69) is 10.6 Å². The molecule has 1 saturated heterocycles. The van der Waals surface area contributed by atoms with Crippen LogP contribution in [0.3, 0.4) is 0 Å². The van der Waals surface area contributed by atoms with E-state index < -0.39 is 0 Å². The second kappa shape index (κ2) is 3.94. The third kappa shape index (κ3) is 1.48. The van der Waals surface area contributed by atoms with E-state index in [1.165, 1.54) is 19.3 Å². The average molecular weight is 250 g/mol. The second-order valence-corrected chi connectivity index (χ2v) is 6.56. The van der Waals surface area contributed by atoms with Gasteiger partial charge in [0, 0.05) is 26.1 Å². The number of ether oxygens (including phenoxy) is 1. The molecule has 1 amide bonds. The SMILES string of the molecule is CO[C@H]1CNCC1NC(=O)C1C2C3CCC(C3)C12. The fourth-order valence-corrected chi connectivity index (χ4v) is 5.00. The molecule has 1 aliphatic heterocycles. The van der Waals surface area contributed by atoms with Crippen molar-refractivity contribution in [3.05, 3.63) is 0 Å². The lowest BCUT2D eigenvalue weighted by molar-refractivity contribution is -0.124. The Hall–Kier alpha value is -0.610. The van der Waals surface area contributed by atoms with Crippen LogP contribution in [0.25, 0.3) is 0 Å². The Morgan fingerprint density at radius 2 is 1.94 bits per heavy atom. The molecule has 1 heterocycles. The fourth-order valence-electron chi connectivity index (χ4n) is 5.00. The van der Waals surface area contributed by atoms with Crippen LogP contribution in [0.2, 0.25) is 0 Å². The summed E-state index contributed by atoms with van der Waals surface area (Å²) in [5.74, 6) is 3.86. The van der Waals surface area contributed by atoms with Crippen LogP contribution in [0, 0.1) is 29.6 Å². The molecule has 3 aliphatic carbocycles. The summed E-state index contributed by atoms with van der Waals surface area (Å²) in [6.45, 7) is 1.70. The predicted molar refractivity (Wildman–Crippen MR) is 66.9 cm³/mol. The minimum atomic E-state index is 0.143. The Labute approximate surface area is 108 Å². The molecular formula is C14H22N2O2. The van der Waals surface area contributed by atoms with Crippen molar-refractivity contribution < 1.29 is 9.53 Å². The molecule has 0 aromatic rings. The highest BCUT2D eigenvalue weighted by molar-refractivity contribution is 5.83. The Balaban J connectivity index is 1.38. The van der Waals surface area contributed by atoms with Gasteiger partial charge in [-0.2, -0.15) is 0 Å². The van der Waals surface area contributed by atoms with Crippen molar-refractivity contribution in [3.8, 4) is 0 Å². The summed E-state index contributed by atoms with van der Waals surface area (Å²) in [5.41, 5.74) is 0. The lowest BCUT2D eigenvalue weighted by atomic mass is 10.0. The number of rotatable bonds is 3. The van der Waals surface area contributed by atoms with Crippen molar-refractivity contribution in [2.75, 3.05) is 20.2 Å². The van der Waals surface area contributed by atoms with E-state index in [-0.39, 0.29) is 12.1 Å². The Morgan fingerprint density at radius 1 is 1.22 bits per heavy atom. The highest BCUT2D eigenvalue weighted by Gasteiger charge is 2.67. The van der Waals surface area contributed by atoms with Gasteiger partial charge in [0.2, 0.25) is 5.91 Å². The van der Waals surface area contributed by atoms with Crippen LogP contribution in [0.15, 0.2) is 0 Å². The first-order valence-corrected chi connectivity index (χ1v) is 7.33. The molecule has 4 aliphatic rings. The maximum atomic E-state index is 12.4. The summed E-state index contributed by atoms with van der Waals surface area (Å²) in [6, 6.07) is 0.168. The molecule has 6 atom stereocenters. The number of methoxy groups -OCH3 is 1. The molecule has 2 N–H and O–H groups in total. The van der Waals surface area contributed by atoms with Crippen LogP contribution < -0.4 is 10.6 Å². The van der Waals surface area contributed by atoms with Gasteiger partial charge in [0.25, 0.3) is 0 Å². The quantitative estimate of drug-likeness (QED) is 0.761. The summed E-state index contributed by atoms with van der Waals surface area (Å²) < 4.78 is 5.40. The van der Waals surface area contributed by atoms with Crippen LogP contribution in [0.1, 0.15) is 19.3 Å². The van der Waals surface area contributed by atoms with E-state index in [0.29, 0.717) is 11.8 Å². The number of hydrogen-bond donors (Lipinski definition) is 2. The minimum Gasteiger partial charge on any atom is -0.378 e. The summed E-state index contributed by atoms with van der Waals surface area (Å²) in [5, 5.41) is 6.49. The molecule has 3 saturated carbocycles. The molecule has 4 rings (SSSR count). The van der Waals surface area contributed by atoms with E-state index in [1.807, 2.05) is 0 Å². The van der Waals surface area contributed by atoms with Gasteiger partial charge < -0.3 is 15.4 Å². The standard InChI is InChI=1S/C14H22N2O2/c1-18-10-6-15-5-9(10)16-14(17)13-11-7-2-3-8(4-7)12(11)13/h7-13,15H,2-6H2,1H3,(H,16,17)/t7?,8?,9?,10-,11?,12?,13?/m0/s1. The maximum Gasteiger partial charge on any atom is 0.224 e. The molecule has 4 heteroatoms. The third-order valence-corrected chi connectivity index (χ3v) is 5.83. The molecule has 0 radical (unpaired) electrons. The van der Waals surface area contributed by atoms with Crippen molar-refractivity contribution in [3.63, 3.8) is 0 Å². The van der Waals surface area contributed by atoms with Gasteiger partial charge in [-0.05, 0) is 42.9 Å². The van der Waals surface area contributed by atoms with E-state index in [0.717, 1.165) is 36.8 Å². The molecule has 0 aromatic heterocycles. The number of fused-ring (bicyclic) bond motifs is 5. The molecule has 100 valence electrons. The van der Waals surface area contributed by atoms with Gasteiger partial charge in [0.1, 0.15) is 0 Å². The summed E-state index contributed by atoms with van der Waals surface area (Å²) in [7, 11) is 1.73. The molecule has 18 heavy (non-hydrogen) atoms. The van der Waals surface area contributed by atoms with Crippen molar-refractivity contribution >= 4 is 5.91 Å². The molecule has 4 nitrogen and oxygen atoms in total. The van der Waals surface area contributed by atoms with Crippen LogP contribution in [-0.4, -0.2) is 38.3 Å². The van der Waals surface area contributed by atoms with Gasteiger partial charge in [0.05, 0.1) is 12.1 Å². The van der Waals surface area contributed by atoms with Gasteiger partial charge >= 0.3 is 0 Å². The zero-order valence-corrected chi connectivity index (χ0v) is 10.9. The van der Waals surface area contributed by atoms with Gasteiger partial charge in [-0.15, -0.1) is 0 Å². The van der Waals surface area contributed by atoms with Crippen LogP contribution >= 0.6 is 0 Å². The fraction of sp³-hybridized carbons (Fsp3) is 0.929. The zero-order chi connectivity index (χ0) is 12.3. The monoisotopic (exact) mass is 250 g/mol. The highest BCUT2D eigenvalue weighted by atomic mass is 16.5. The first-order chi connectivity index (χ1) is 8.79. The van der Waals surface area contributed by atoms with Gasteiger partial charge in [0.15, 0.2) is 0 Å². The van der Waals surface area contributed by atoms with E-state index in [9.17, 15) is 4.79 Å². The Bertz CT molecular complexity index is 357. The molecular weight excluding hydrogens is 228 g/mol. The molecule has 0 spiro atoms. The first kappa shape index (κ1) is 11.2. The lowest BCUT2D eigenvalue weighted by Crippen LogP contribution is -2.44. The van der Waals surface area contributed by atoms with Gasteiger partial charge in [-0.25, -0.2) is 0 Å². The largest absolute Gasteiger partial charge is 0.378 e. The van der Waals surface area contributed by atoms with Crippen molar-refractivity contribution in [1.29, 1.82) is 0 Å². The topological polar surface area (TPSA) is 50.4 Å². The second-order valence-electron chi connectivity index (χ2n) is 6.56. The van der Waals surface area contributed by atoms with Crippen molar-refractivity contribution in [2.45, 2.75) is 31.4 Å². The molecule has 0 aromatic carbocycles. The normalized spacial score (nSPS) is 52.4. The van der Waals surface area contributed by atoms with E-state index in [4.69, 9.17) is 4.74 Å². The molecule has 2 bridgehead atoms. The highest BCUT2D eigenvalue weighted by Crippen LogP contribution is 2.69. The lowest BCUT2D eigenvalue weighted by Gasteiger charge is -2.19. The number of carbonyl (C=O) groups excluding carboxylic acids is 1. The summed E-state index contributed by atoms with van der Waals surface area (Å²) in [4.78, 5) is 12.4. The van der Waals surface area contributed by atoms with E-state index >= 15 is 0 Å². The number of amides is 1. The number of hydrogen-bond acceptors (Lipinski definition) is 3. The van der Waals surface area contributed by atoms with Crippen molar-refractivity contribution in [2.24, 2.45) is 29.6 Å². The maximum absolute atomic E-state index is 12.4. The van der Waals surface area contributed by atoms with Crippen molar-refractivity contribution in [1.82, 2.24) is 10.6 Å². The van der Waals surface area contributed by atoms with Crippen LogP contribution in [0.5, 0.6) is 0 Å². The van der Waals surface area contributed by atoms with E-state index in [1.54, 1.807) is 7.11 Å². The minimum absolute atomic E-state index is 0.143. The molecule has 5 unspecified atom stereocenters. The Kier molecular flexibility index (Phi) is 2.46. The smallest absolute Gasteiger partial charge is 0.224 e. The van der Waals surface area contributed by atoms with Gasteiger partial charge in [-0.1, -0.05) is 0 Å². The predicted octanol–water partition coefficient (Wildman–Crippen LogP) is 0.381. The molecule has 4 fully saturated rings. The first-order valence-electron chi connectivity index (χ1n) is 7.33. The summed E-state index contributed by atoms with van der Waals surface area (Å²) >= 11 is 0. The number of carbonyl (C=O) groups is 1. The summed E-state index contributed by atoms with van der Waals surface area (Å²) in [6.07, 6.45) is 4.30.